The topological polar surface area (TPSA) is 143 Å². The molecule has 1 aliphatic heterocycles. The Hall–Kier alpha value is -2.57. The first kappa shape index (κ1) is 24.6. The second-order valence-corrected chi connectivity index (χ2v) is 11.0. The van der Waals surface area contributed by atoms with E-state index < -0.39 is 45.8 Å². The lowest BCUT2D eigenvalue weighted by atomic mass is 10.0. The third-order valence-corrected chi connectivity index (χ3v) is 7.51. The Labute approximate surface area is 197 Å². The Balaban J connectivity index is 1.27. The van der Waals surface area contributed by atoms with Crippen LogP contribution in [-0.2, 0) is 19.6 Å². The first-order valence-corrected chi connectivity index (χ1v) is 13.2. The zero-order valence-electron chi connectivity index (χ0n) is 18.6. The third kappa shape index (κ3) is 6.73. The Morgan fingerprint density at radius 3 is 2.41 bits per heavy atom. The number of benzene rings is 1. The normalized spacial score (nSPS) is 20.1. The molecule has 1 saturated heterocycles. The SMILES string of the molecule is O=C1NC(=O)C(NCCCCS(=O)(=O)NC(c2ccc(F)c(OCC3CC3)c2)C2CC2)C(=O)N1. The molecular weight excluding hydrogens is 467 g/mol. The number of nitrogens with one attached hydrogen (secondary N) is 4. The minimum Gasteiger partial charge on any atom is -0.490 e. The van der Waals surface area contributed by atoms with E-state index in [1.807, 2.05) is 10.6 Å². The number of halogens is 1. The number of carbonyl (C=O) groups is 3. The molecule has 34 heavy (non-hydrogen) atoms. The van der Waals surface area contributed by atoms with Gasteiger partial charge in [-0.3, -0.25) is 25.5 Å². The van der Waals surface area contributed by atoms with Crippen LogP contribution in [0.15, 0.2) is 18.2 Å². The van der Waals surface area contributed by atoms with Crippen LogP contribution in [0.25, 0.3) is 0 Å². The molecule has 2 saturated carbocycles. The van der Waals surface area contributed by atoms with Gasteiger partial charge in [0.2, 0.25) is 10.0 Å². The monoisotopic (exact) mass is 496 g/mol. The zero-order chi connectivity index (χ0) is 24.3. The minimum absolute atomic E-state index is 0.133. The fourth-order valence-corrected chi connectivity index (χ4v) is 5.22. The quantitative estimate of drug-likeness (QED) is 0.236. The minimum atomic E-state index is -3.62. The highest BCUT2D eigenvalue weighted by Crippen LogP contribution is 2.42. The van der Waals surface area contributed by atoms with Crippen LogP contribution in [-0.4, -0.2) is 51.2 Å². The van der Waals surface area contributed by atoms with Gasteiger partial charge in [-0.25, -0.2) is 22.3 Å². The van der Waals surface area contributed by atoms with E-state index in [2.05, 4.69) is 10.0 Å². The van der Waals surface area contributed by atoms with Crippen molar-refractivity contribution in [3.63, 3.8) is 0 Å². The van der Waals surface area contributed by atoms with Crippen LogP contribution in [0.4, 0.5) is 9.18 Å². The Kier molecular flexibility index (Phi) is 7.48. The van der Waals surface area contributed by atoms with Gasteiger partial charge in [-0.15, -0.1) is 0 Å². The molecule has 1 aromatic rings. The van der Waals surface area contributed by atoms with Crippen molar-refractivity contribution < 1.29 is 31.9 Å². The van der Waals surface area contributed by atoms with Crippen molar-refractivity contribution in [2.75, 3.05) is 18.9 Å². The van der Waals surface area contributed by atoms with E-state index in [4.69, 9.17) is 4.74 Å². The molecule has 0 spiro atoms. The van der Waals surface area contributed by atoms with Gasteiger partial charge in [-0.2, -0.15) is 0 Å². The molecule has 10 nitrogen and oxygen atoms in total. The smallest absolute Gasteiger partial charge is 0.328 e. The number of carbonyl (C=O) groups excluding carboxylic acids is 3. The van der Waals surface area contributed by atoms with Crippen LogP contribution in [0, 0.1) is 17.7 Å². The van der Waals surface area contributed by atoms with Gasteiger partial charge in [0.15, 0.2) is 17.6 Å². The van der Waals surface area contributed by atoms with Crippen molar-refractivity contribution in [1.29, 1.82) is 0 Å². The molecule has 3 aliphatic rings. The van der Waals surface area contributed by atoms with Gasteiger partial charge in [0.25, 0.3) is 11.8 Å². The Morgan fingerprint density at radius 1 is 1.06 bits per heavy atom. The van der Waals surface area contributed by atoms with Gasteiger partial charge in [-0.05, 0) is 74.6 Å². The van der Waals surface area contributed by atoms with E-state index in [0.29, 0.717) is 30.9 Å². The number of hydrogen-bond donors (Lipinski definition) is 4. The lowest BCUT2D eigenvalue weighted by Gasteiger charge is -2.21. The van der Waals surface area contributed by atoms with Crippen LogP contribution >= 0.6 is 0 Å². The van der Waals surface area contributed by atoms with E-state index in [1.165, 1.54) is 6.07 Å². The molecule has 4 amide bonds. The maximum atomic E-state index is 14.2. The second kappa shape index (κ2) is 10.4. The number of barbiturate groups is 1. The predicted molar refractivity (Wildman–Crippen MR) is 120 cm³/mol. The summed E-state index contributed by atoms with van der Waals surface area (Å²) in [6.07, 6.45) is 4.65. The molecular formula is C22H29FN4O6S. The number of rotatable bonds is 13. The van der Waals surface area contributed by atoms with Crippen molar-refractivity contribution in [2.45, 2.75) is 50.6 Å². The molecule has 0 bridgehead atoms. The zero-order valence-corrected chi connectivity index (χ0v) is 19.5. The number of sulfonamides is 1. The summed E-state index contributed by atoms with van der Waals surface area (Å²) < 4.78 is 48.0. The first-order chi connectivity index (χ1) is 16.2. The second-order valence-electron chi connectivity index (χ2n) is 9.10. The first-order valence-electron chi connectivity index (χ1n) is 11.5. The molecule has 3 fully saturated rings. The van der Waals surface area contributed by atoms with E-state index >= 15 is 0 Å². The number of urea groups is 1. The van der Waals surface area contributed by atoms with Crippen molar-refractivity contribution in [1.82, 2.24) is 20.7 Å². The predicted octanol–water partition coefficient (Wildman–Crippen LogP) is 1.09. The summed E-state index contributed by atoms with van der Waals surface area (Å²) in [5, 5.41) is 6.70. The summed E-state index contributed by atoms with van der Waals surface area (Å²) in [7, 11) is -3.62. The third-order valence-electron chi connectivity index (χ3n) is 6.07. The van der Waals surface area contributed by atoms with Crippen molar-refractivity contribution >= 4 is 27.9 Å². The molecule has 1 unspecified atom stereocenters. The summed E-state index contributed by atoms with van der Waals surface area (Å²) in [6, 6.07) is 2.01. The van der Waals surface area contributed by atoms with E-state index in [9.17, 15) is 27.2 Å². The maximum absolute atomic E-state index is 14.2. The number of unbranched alkanes of at least 4 members (excludes halogenated alkanes) is 1. The molecule has 0 radical (unpaired) electrons. The van der Waals surface area contributed by atoms with E-state index in [0.717, 1.165) is 25.7 Å². The summed E-state index contributed by atoms with van der Waals surface area (Å²) in [5.41, 5.74) is 0.684. The standard InChI is InChI=1S/C22H29FN4O6S/c23-16-8-7-15(11-17(16)33-12-13-3-4-13)18(14-5-6-14)27-34(31,32)10-2-1-9-24-19-20(28)25-22(30)26-21(19)29/h7-8,11,13-14,18-19,24,27H,1-6,9-10,12H2,(H2,25,26,28,29,30). The lowest BCUT2D eigenvalue weighted by Crippen LogP contribution is -2.63. The van der Waals surface area contributed by atoms with Crippen molar-refractivity contribution in [3.05, 3.63) is 29.6 Å². The average Bonchev–Trinajstić information content (AvgIpc) is 3.67. The van der Waals surface area contributed by atoms with Gasteiger partial charge in [0.1, 0.15) is 0 Å². The highest BCUT2D eigenvalue weighted by atomic mass is 32.2. The highest BCUT2D eigenvalue weighted by molar-refractivity contribution is 7.89. The maximum Gasteiger partial charge on any atom is 0.328 e. The molecule has 1 aromatic carbocycles. The molecule has 1 atom stereocenters. The Morgan fingerprint density at radius 2 is 1.76 bits per heavy atom. The van der Waals surface area contributed by atoms with Gasteiger partial charge < -0.3 is 4.74 Å². The summed E-state index contributed by atoms with van der Waals surface area (Å²) >= 11 is 0. The molecule has 1 heterocycles. The fourth-order valence-electron chi connectivity index (χ4n) is 3.80. The number of imide groups is 2. The number of ether oxygens (including phenoxy) is 1. The van der Waals surface area contributed by atoms with Gasteiger partial charge >= 0.3 is 6.03 Å². The van der Waals surface area contributed by atoms with Crippen LogP contribution in [0.5, 0.6) is 5.75 Å². The Bertz CT molecular complexity index is 1040. The summed E-state index contributed by atoms with van der Waals surface area (Å²) in [4.78, 5) is 34.5. The van der Waals surface area contributed by atoms with Crippen molar-refractivity contribution in [2.24, 2.45) is 11.8 Å². The van der Waals surface area contributed by atoms with Gasteiger partial charge in [0.05, 0.1) is 12.4 Å². The summed E-state index contributed by atoms with van der Waals surface area (Å²) in [5.74, 6) is -1.29. The number of amides is 4. The van der Waals surface area contributed by atoms with Gasteiger partial charge in [-0.1, -0.05) is 6.07 Å². The summed E-state index contributed by atoms with van der Waals surface area (Å²) in [6.45, 7) is 0.690. The lowest BCUT2D eigenvalue weighted by molar-refractivity contribution is -0.133. The van der Waals surface area contributed by atoms with E-state index in [1.54, 1.807) is 12.1 Å². The molecule has 0 aromatic heterocycles. The average molecular weight is 497 g/mol. The van der Waals surface area contributed by atoms with Crippen molar-refractivity contribution in [3.8, 4) is 5.75 Å². The van der Waals surface area contributed by atoms with Crippen LogP contribution in [0.1, 0.15) is 50.1 Å². The van der Waals surface area contributed by atoms with E-state index in [-0.39, 0.29) is 24.0 Å². The molecule has 2 aliphatic carbocycles. The molecule has 4 rings (SSSR count). The van der Waals surface area contributed by atoms with Crippen LogP contribution < -0.4 is 25.4 Å². The van der Waals surface area contributed by atoms with Gasteiger partial charge in [0, 0.05) is 6.04 Å². The highest BCUT2D eigenvalue weighted by Gasteiger charge is 2.36. The number of hydrogen-bond acceptors (Lipinski definition) is 7. The fraction of sp³-hybridized carbons (Fsp3) is 0.591. The molecule has 186 valence electrons. The molecule has 4 N–H and O–H groups in total. The van der Waals surface area contributed by atoms with Crippen LogP contribution in [0.2, 0.25) is 0 Å². The van der Waals surface area contributed by atoms with Crippen LogP contribution in [0.3, 0.4) is 0 Å². The largest absolute Gasteiger partial charge is 0.490 e. The molecule has 12 heteroatoms.